The molecule has 0 aliphatic heterocycles. The topological polar surface area (TPSA) is 71.5 Å². The maximum absolute atomic E-state index is 13.1. The molecule has 2 N–H and O–H groups in total. The lowest BCUT2D eigenvalue weighted by Crippen LogP contribution is -2.05. The lowest BCUT2D eigenvalue weighted by Gasteiger charge is -2.12. The van der Waals surface area contributed by atoms with Gasteiger partial charge in [-0.05, 0) is 34.1 Å². The molecule has 0 aliphatic rings. The van der Waals surface area contributed by atoms with E-state index in [0.717, 1.165) is 0 Å². The lowest BCUT2D eigenvalue weighted by atomic mass is 10.2. The van der Waals surface area contributed by atoms with Crippen LogP contribution < -0.4 is 10.1 Å². The first-order valence-corrected chi connectivity index (χ1v) is 6.30. The maximum atomic E-state index is 13.1. The zero-order chi connectivity index (χ0) is 14.7. The molecule has 0 radical (unpaired) electrons. The number of nitrogens with zero attached hydrogens (tertiary/aromatic N) is 1. The van der Waals surface area contributed by atoms with Crippen molar-refractivity contribution >= 4 is 33.4 Å². The van der Waals surface area contributed by atoms with Gasteiger partial charge in [-0.1, -0.05) is 0 Å². The lowest BCUT2D eigenvalue weighted by molar-refractivity contribution is 0.0697. The molecule has 0 unspecified atom stereocenters. The second-order valence-corrected chi connectivity index (χ2v) is 4.74. The Morgan fingerprint density at radius 2 is 2.20 bits per heavy atom. The number of ether oxygens (including phenoxy) is 1. The van der Waals surface area contributed by atoms with Gasteiger partial charge in [0.1, 0.15) is 22.9 Å². The van der Waals surface area contributed by atoms with E-state index in [1.807, 2.05) is 0 Å². The third-order valence-corrected chi connectivity index (χ3v) is 2.94. The van der Waals surface area contributed by atoms with Crippen molar-refractivity contribution in [3.05, 3.63) is 46.3 Å². The number of hydrogen-bond donors (Lipinski definition) is 2. The van der Waals surface area contributed by atoms with Crippen molar-refractivity contribution in [3.63, 3.8) is 0 Å². The molecule has 0 atom stereocenters. The second kappa shape index (κ2) is 5.87. The largest absolute Gasteiger partial charge is 0.494 e. The molecule has 20 heavy (non-hydrogen) atoms. The minimum absolute atomic E-state index is 0.00856. The maximum Gasteiger partial charge on any atom is 0.339 e. The van der Waals surface area contributed by atoms with Gasteiger partial charge in [-0.25, -0.2) is 14.2 Å². The number of aromatic nitrogens is 1. The zero-order valence-corrected chi connectivity index (χ0v) is 11.9. The van der Waals surface area contributed by atoms with E-state index in [1.165, 1.54) is 37.6 Å². The monoisotopic (exact) mass is 340 g/mol. The van der Waals surface area contributed by atoms with Crippen LogP contribution in [0, 0.1) is 5.82 Å². The third kappa shape index (κ3) is 3.05. The Kier molecular flexibility index (Phi) is 4.19. The first kappa shape index (κ1) is 14.3. The normalized spacial score (nSPS) is 10.2. The molecule has 0 bridgehead atoms. The van der Waals surface area contributed by atoms with E-state index >= 15 is 0 Å². The fourth-order valence-electron chi connectivity index (χ4n) is 1.60. The molecule has 1 aromatic carbocycles. The standard InChI is InChI=1S/C13H10BrFN2O3/c1-20-11-5-8(15)2-3-10(11)17-12-9(13(18)19)4-7(14)6-16-12/h2-6H,1H3,(H,16,17)(H,18,19). The summed E-state index contributed by atoms with van der Waals surface area (Å²) < 4.78 is 18.7. The van der Waals surface area contributed by atoms with Gasteiger partial charge >= 0.3 is 5.97 Å². The number of halogens is 2. The summed E-state index contributed by atoms with van der Waals surface area (Å²) in [7, 11) is 1.40. The highest BCUT2D eigenvalue weighted by Gasteiger charge is 2.14. The number of methoxy groups -OCH3 is 1. The summed E-state index contributed by atoms with van der Waals surface area (Å²) in [6, 6.07) is 5.31. The highest BCUT2D eigenvalue weighted by atomic mass is 79.9. The number of carboxylic acids is 1. The van der Waals surface area contributed by atoms with Crippen LogP contribution in [-0.2, 0) is 0 Å². The van der Waals surface area contributed by atoms with E-state index in [4.69, 9.17) is 9.84 Å². The molecular weight excluding hydrogens is 331 g/mol. The van der Waals surface area contributed by atoms with Crippen LogP contribution in [0.15, 0.2) is 34.9 Å². The fraction of sp³-hybridized carbons (Fsp3) is 0.0769. The molecule has 2 aromatic rings. The van der Waals surface area contributed by atoms with Crippen molar-refractivity contribution < 1.29 is 19.0 Å². The number of anilines is 2. The average Bonchev–Trinajstić information content (AvgIpc) is 2.42. The van der Waals surface area contributed by atoms with Gasteiger partial charge in [-0.2, -0.15) is 0 Å². The van der Waals surface area contributed by atoms with Crippen LogP contribution in [0.4, 0.5) is 15.9 Å². The quantitative estimate of drug-likeness (QED) is 0.892. The molecule has 1 aromatic heterocycles. The van der Waals surface area contributed by atoms with Crippen molar-refractivity contribution in [2.24, 2.45) is 0 Å². The van der Waals surface area contributed by atoms with Crippen molar-refractivity contribution in [1.82, 2.24) is 4.98 Å². The zero-order valence-electron chi connectivity index (χ0n) is 10.4. The van der Waals surface area contributed by atoms with Crippen LogP contribution in [0.25, 0.3) is 0 Å². The number of aromatic carboxylic acids is 1. The molecule has 0 amide bonds. The predicted octanol–water partition coefficient (Wildman–Crippen LogP) is 3.43. The smallest absolute Gasteiger partial charge is 0.339 e. The summed E-state index contributed by atoms with van der Waals surface area (Å²) >= 11 is 3.16. The minimum Gasteiger partial charge on any atom is -0.494 e. The minimum atomic E-state index is -1.12. The fourth-order valence-corrected chi connectivity index (χ4v) is 1.93. The second-order valence-electron chi connectivity index (χ2n) is 3.82. The van der Waals surface area contributed by atoms with E-state index in [0.29, 0.717) is 10.2 Å². The van der Waals surface area contributed by atoms with Crippen LogP contribution >= 0.6 is 15.9 Å². The highest BCUT2D eigenvalue weighted by Crippen LogP contribution is 2.29. The van der Waals surface area contributed by atoms with E-state index in [9.17, 15) is 9.18 Å². The Hall–Kier alpha value is -2.15. The summed E-state index contributed by atoms with van der Waals surface area (Å²) in [5.74, 6) is -1.17. The summed E-state index contributed by atoms with van der Waals surface area (Å²) in [4.78, 5) is 15.2. The predicted molar refractivity (Wildman–Crippen MR) is 75.1 cm³/mol. The van der Waals surface area contributed by atoms with Crippen LogP contribution in [0.3, 0.4) is 0 Å². The van der Waals surface area contributed by atoms with Gasteiger partial charge in [-0.15, -0.1) is 0 Å². The van der Waals surface area contributed by atoms with Crippen LogP contribution in [0.1, 0.15) is 10.4 Å². The Bertz CT molecular complexity index is 664. The van der Waals surface area contributed by atoms with Gasteiger partial charge in [0.2, 0.25) is 0 Å². The van der Waals surface area contributed by atoms with E-state index in [1.54, 1.807) is 0 Å². The molecule has 5 nitrogen and oxygen atoms in total. The molecule has 7 heteroatoms. The van der Waals surface area contributed by atoms with E-state index < -0.39 is 11.8 Å². The molecule has 2 rings (SSSR count). The first-order chi connectivity index (χ1) is 9.51. The first-order valence-electron chi connectivity index (χ1n) is 5.50. The molecule has 0 fully saturated rings. The molecule has 0 spiro atoms. The van der Waals surface area contributed by atoms with E-state index in [-0.39, 0.29) is 17.1 Å². The number of carbonyl (C=O) groups is 1. The molecular formula is C13H10BrFN2O3. The Labute approximate surface area is 122 Å². The molecule has 0 aliphatic carbocycles. The highest BCUT2D eigenvalue weighted by molar-refractivity contribution is 9.10. The Morgan fingerprint density at radius 3 is 2.85 bits per heavy atom. The van der Waals surface area contributed by atoms with Gasteiger partial charge in [0.15, 0.2) is 0 Å². The van der Waals surface area contributed by atoms with Gasteiger partial charge in [0.25, 0.3) is 0 Å². The van der Waals surface area contributed by atoms with Crippen molar-refractivity contribution in [2.75, 3.05) is 12.4 Å². The number of nitrogens with one attached hydrogen (secondary N) is 1. The molecule has 1 heterocycles. The van der Waals surface area contributed by atoms with Crippen molar-refractivity contribution in [1.29, 1.82) is 0 Å². The summed E-state index contributed by atoms with van der Waals surface area (Å²) in [6.45, 7) is 0. The van der Waals surface area contributed by atoms with Crippen LogP contribution in [-0.4, -0.2) is 23.2 Å². The van der Waals surface area contributed by atoms with Gasteiger partial charge < -0.3 is 15.2 Å². The third-order valence-electron chi connectivity index (χ3n) is 2.50. The van der Waals surface area contributed by atoms with Gasteiger partial charge in [-0.3, -0.25) is 0 Å². The average molecular weight is 341 g/mol. The number of rotatable bonds is 4. The number of hydrogen-bond acceptors (Lipinski definition) is 4. The Morgan fingerprint density at radius 1 is 1.45 bits per heavy atom. The Balaban J connectivity index is 2.42. The van der Waals surface area contributed by atoms with Crippen molar-refractivity contribution in [3.8, 4) is 5.75 Å². The molecule has 104 valence electrons. The van der Waals surface area contributed by atoms with Crippen LogP contribution in [0.2, 0.25) is 0 Å². The van der Waals surface area contributed by atoms with E-state index in [2.05, 4.69) is 26.2 Å². The van der Waals surface area contributed by atoms with Crippen LogP contribution in [0.5, 0.6) is 5.75 Å². The van der Waals surface area contributed by atoms with Gasteiger partial charge in [0.05, 0.1) is 12.8 Å². The molecule has 0 saturated heterocycles. The molecule has 0 saturated carbocycles. The summed E-state index contributed by atoms with van der Waals surface area (Å²) in [5, 5.41) is 12.0. The number of carboxylic acid groups (broad SMARTS) is 1. The SMILES string of the molecule is COc1cc(F)ccc1Nc1ncc(Br)cc1C(=O)O. The summed E-state index contributed by atoms with van der Waals surface area (Å²) in [6.07, 6.45) is 1.46. The summed E-state index contributed by atoms with van der Waals surface area (Å²) in [5.41, 5.74) is 0.414. The number of benzene rings is 1. The number of pyridine rings is 1. The van der Waals surface area contributed by atoms with Crippen molar-refractivity contribution in [2.45, 2.75) is 0 Å². The van der Waals surface area contributed by atoms with Gasteiger partial charge in [0, 0.05) is 16.7 Å².